The molecule has 0 aromatic rings. The molecule has 22 heavy (non-hydrogen) atoms. The number of hydrogen-bond acceptors (Lipinski definition) is 3. The van der Waals surface area contributed by atoms with Gasteiger partial charge in [0.05, 0.1) is 5.60 Å². The Morgan fingerprint density at radius 2 is 1.27 bits per heavy atom. The molecule has 0 heterocycles. The van der Waals surface area contributed by atoms with Crippen molar-refractivity contribution in [1.29, 1.82) is 0 Å². The molecule has 3 heteroatoms. The van der Waals surface area contributed by atoms with E-state index in [0.29, 0.717) is 13.2 Å². The van der Waals surface area contributed by atoms with Crippen molar-refractivity contribution < 1.29 is 14.2 Å². The van der Waals surface area contributed by atoms with Gasteiger partial charge in [-0.3, -0.25) is 0 Å². The summed E-state index contributed by atoms with van der Waals surface area (Å²) < 4.78 is 17.9. The molecule has 0 saturated carbocycles. The van der Waals surface area contributed by atoms with Gasteiger partial charge in [-0.05, 0) is 46.5 Å². The van der Waals surface area contributed by atoms with E-state index in [2.05, 4.69) is 34.6 Å². The van der Waals surface area contributed by atoms with Crippen LogP contribution in [-0.2, 0) is 14.2 Å². The van der Waals surface area contributed by atoms with Crippen molar-refractivity contribution in [3.05, 3.63) is 0 Å². The molecule has 134 valence electrons. The molecule has 0 aliphatic carbocycles. The number of unbranched alkanes of at least 4 members (excludes halogenated alkanes) is 2. The van der Waals surface area contributed by atoms with E-state index in [-0.39, 0.29) is 11.4 Å². The summed E-state index contributed by atoms with van der Waals surface area (Å²) in [5.74, 6) is -0.389. The normalized spacial score (nSPS) is 15.0. The number of ether oxygens (including phenoxy) is 3. The van der Waals surface area contributed by atoms with E-state index in [4.69, 9.17) is 14.2 Å². The van der Waals surface area contributed by atoms with Gasteiger partial charge in [-0.1, -0.05) is 33.1 Å². The molecule has 1 unspecified atom stereocenters. The average molecular weight is 317 g/mol. The minimum absolute atomic E-state index is 0.0116. The standard InChI is InChI=1S/C19H40O3/c1-7-11-12-16-19(21-9-3,22-10-4)17-13-15-18(5,20-6)14-8-2/h7-17H2,1-6H3. The van der Waals surface area contributed by atoms with Crippen LogP contribution < -0.4 is 0 Å². The molecule has 0 bridgehead atoms. The van der Waals surface area contributed by atoms with Crippen LogP contribution in [0.4, 0.5) is 0 Å². The largest absolute Gasteiger partial charge is 0.379 e. The SMILES string of the molecule is CCCCCC(CCCC(C)(CCC)OC)(OCC)OCC. The van der Waals surface area contributed by atoms with Crippen molar-refractivity contribution in [2.45, 2.75) is 104 Å². The second kappa shape index (κ2) is 12.3. The van der Waals surface area contributed by atoms with Crippen LogP contribution in [0.25, 0.3) is 0 Å². The van der Waals surface area contributed by atoms with Crippen LogP contribution in [0.3, 0.4) is 0 Å². The summed E-state index contributed by atoms with van der Waals surface area (Å²) in [5.41, 5.74) is -0.0116. The fraction of sp³-hybridized carbons (Fsp3) is 1.00. The molecule has 3 nitrogen and oxygen atoms in total. The molecule has 0 rings (SSSR count). The first kappa shape index (κ1) is 21.9. The summed E-state index contributed by atoms with van der Waals surface area (Å²) in [4.78, 5) is 0. The number of rotatable bonds is 15. The maximum absolute atomic E-state index is 6.06. The van der Waals surface area contributed by atoms with Gasteiger partial charge >= 0.3 is 0 Å². The molecular formula is C19H40O3. The van der Waals surface area contributed by atoms with E-state index >= 15 is 0 Å². The molecule has 0 aliphatic rings. The lowest BCUT2D eigenvalue weighted by Gasteiger charge is -2.35. The quantitative estimate of drug-likeness (QED) is 0.286. The van der Waals surface area contributed by atoms with E-state index in [9.17, 15) is 0 Å². The van der Waals surface area contributed by atoms with E-state index < -0.39 is 0 Å². The summed E-state index contributed by atoms with van der Waals surface area (Å²) in [6, 6.07) is 0. The van der Waals surface area contributed by atoms with Crippen molar-refractivity contribution >= 4 is 0 Å². The van der Waals surface area contributed by atoms with Crippen molar-refractivity contribution in [3.8, 4) is 0 Å². The van der Waals surface area contributed by atoms with Crippen molar-refractivity contribution in [3.63, 3.8) is 0 Å². The highest BCUT2D eigenvalue weighted by atomic mass is 16.7. The molecular weight excluding hydrogens is 276 g/mol. The van der Waals surface area contributed by atoms with Gasteiger partial charge in [0.15, 0.2) is 5.79 Å². The predicted octanol–water partition coefficient (Wildman–Crippen LogP) is 5.71. The first-order valence-electron chi connectivity index (χ1n) is 9.34. The van der Waals surface area contributed by atoms with Gasteiger partial charge < -0.3 is 14.2 Å². The van der Waals surface area contributed by atoms with Gasteiger partial charge in [0.2, 0.25) is 0 Å². The monoisotopic (exact) mass is 316 g/mol. The van der Waals surface area contributed by atoms with Crippen LogP contribution in [0.15, 0.2) is 0 Å². The summed E-state index contributed by atoms with van der Waals surface area (Å²) in [7, 11) is 1.83. The van der Waals surface area contributed by atoms with E-state index in [1.54, 1.807) is 0 Å². The van der Waals surface area contributed by atoms with Crippen molar-refractivity contribution in [2.24, 2.45) is 0 Å². The number of hydrogen-bond donors (Lipinski definition) is 0. The highest BCUT2D eigenvalue weighted by Crippen LogP contribution is 2.31. The molecule has 0 aromatic carbocycles. The van der Waals surface area contributed by atoms with Crippen LogP contribution >= 0.6 is 0 Å². The van der Waals surface area contributed by atoms with Gasteiger partial charge in [-0.25, -0.2) is 0 Å². The average Bonchev–Trinajstić information content (AvgIpc) is 2.48. The molecule has 0 saturated heterocycles. The smallest absolute Gasteiger partial charge is 0.168 e. The fourth-order valence-corrected chi connectivity index (χ4v) is 3.22. The zero-order valence-electron chi connectivity index (χ0n) is 16.0. The van der Waals surface area contributed by atoms with Gasteiger partial charge in [-0.15, -0.1) is 0 Å². The summed E-state index contributed by atoms with van der Waals surface area (Å²) in [6.07, 6.45) is 10.0. The predicted molar refractivity (Wildman–Crippen MR) is 94.3 cm³/mol. The second-order valence-electron chi connectivity index (χ2n) is 6.49. The van der Waals surface area contributed by atoms with Gasteiger partial charge in [0, 0.05) is 33.2 Å². The third kappa shape index (κ3) is 8.50. The maximum Gasteiger partial charge on any atom is 0.168 e. The number of methoxy groups -OCH3 is 1. The van der Waals surface area contributed by atoms with Gasteiger partial charge in [0.25, 0.3) is 0 Å². The van der Waals surface area contributed by atoms with Gasteiger partial charge in [-0.2, -0.15) is 0 Å². The van der Waals surface area contributed by atoms with Crippen LogP contribution in [0, 0.1) is 0 Å². The first-order chi connectivity index (χ1) is 10.5. The summed E-state index contributed by atoms with van der Waals surface area (Å²) >= 11 is 0. The minimum atomic E-state index is -0.389. The Balaban J connectivity index is 4.59. The zero-order valence-corrected chi connectivity index (χ0v) is 16.0. The van der Waals surface area contributed by atoms with E-state index in [0.717, 1.165) is 38.5 Å². The third-order valence-electron chi connectivity index (χ3n) is 4.51. The molecule has 0 fully saturated rings. The lowest BCUT2D eigenvalue weighted by Crippen LogP contribution is -2.37. The van der Waals surface area contributed by atoms with Crippen LogP contribution in [0.1, 0.15) is 92.4 Å². The third-order valence-corrected chi connectivity index (χ3v) is 4.51. The minimum Gasteiger partial charge on any atom is -0.379 e. The molecule has 0 N–H and O–H groups in total. The Bertz CT molecular complexity index is 249. The Kier molecular flexibility index (Phi) is 12.3. The summed E-state index contributed by atoms with van der Waals surface area (Å²) in [6.45, 7) is 12.2. The van der Waals surface area contributed by atoms with E-state index in [1.165, 1.54) is 19.3 Å². The van der Waals surface area contributed by atoms with Crippen LogP contribution in [0.5, 0.6) is 0 Å². The molecule has 1 atom stereocenters. The molecule has 0 aromatic heterocycles. The molecule has 0 radical (unpaired) electrons. The Morgan fingerprint density at radius 1 is 0.682 bits per heavy atom. The first-order valence-corrected chi connectivity index (χ1v) is 9.34. The van der Waals surface area contributed by atoms with Crippen LogP contribution in [0.2, 0.25) is 0 Å². The lowest BCUT2D eigenvalue weighted by atomic mass is 9.91. The maximum atomic E-state index is 6.06. The second-order valence-corrected chi connectivity index (χ2v) is 6.49. The summed E-state index contributed by atoms with van der Waals surface area (Å²) in [5, 5.41) is 0. The molecule has 0 amide bonds. The lowest BCUT2D eigenvalue weighted by molar-refractivity contribution is -0.242. The topological polar surface area (TPSA) is 27.7 Å². The molecule has 0 aliphatic heterocycles. The van der Waals surface area contributed by atoms with E-state index in [1.807, 2.05) is 7.11 Å². The fourth-order valence-electron chi connectivity index (χ4n) is 3.22. The molecule has 0 spiro atoms. The van der Waals surface area contributed by atoms with Crippen molar-refractivity contribution in [1.82, 2.24) is 0 Å². The van der Waals surface area contributed by atoms with Crippen LogP contribution in [-0.4, -0.2) is 31.7 Å². The zero-order chi connectivity index (χ0) is 16.9. The van der Waals surface area contributed by atoms with Gasteiger partial charge in [0.1, 0.15) is 0 Å². The Morgan fingerprint density at radius 3 is 1.73 bits per heavy atom. The Hall–Kier alpha value is -0.120. The highest BCUT2D eigenvalue weighted by Gasteiger charge is 2.32. The van der Waals surface area contributed by atoms with Crippen molar-refractivity contribution in [2.75, 3.05) is 20.3 Å². The Labute approximate surface area is 139 Å². The highest BCUT2D eigenvalue weighted by molar-refractivity contribution is 4.77.